The van der Waals surface area contributed by atoms with Gasteiger partial charge in [-0.1, -0.05) is 18.2 Å². The SMILES string of the molecule is COc1ccc(CNC(=O)c2ccc(C)n(-c3cccc(C#N)c3)c2=O)cc1. The predicted molar refractivity (Wildman–Crippen MR) is 106 cm³/mol. The zero-order valence-corrected chi connectivity index (χ0v) is 15.6. The molecule has 0 radical (unpaired) electrons. The molecule has 3 aromatic rings. The van der Waals surface area contributed by atoms with Crippen LogP contribution in [0.1, 0.15) is 27.2 Å². The number of amides is 1. The highest BCUT2D eigenvalue weighted by Gasteiger charge is 2.15. The van der Waals surface area contributed by atoms with Crippen molar-refractivity contribution in [1.82, 2.24) is 9.88 Å². The topological polar surface area (TPSA) is 84.1 Å². The Kier molecular flexibility index (Phi) is 5.56. The summed E-state index contributed by atoms with van der Waals surface area (Å²) in [5.41, 5.74) is 2.17. The van der Waals surface area contributed by atoms with Crippen molar-refractivity contribution >= 4 is 5.91 Å². The van der Waals surface area contributed by atoms with Crippen LogP contribution in [-0.4, -0.2) is 17.6 Å². The Labute approximate surface area is 162 Å². The summed E-state index contributed by atoms with van der Waals surface area (Å²) >= 11 is 0. The van der Waals surface area contributed by atoms with E-state index in [1.165, 1.54) is 10.6 Å². The Morgan fingerprint density at radius 1 is 1.14 bits per heavy atom. The minimum absolute atomic E-state index is 0.0430. The number of methoxy groups -OCH3 is 1. The molecule has 0 unspecified atom stereocenters. The van der Waals surface area contributed by atoms with E-state index in [0.29, 0.717) is 23.5 Å². The maximum absolute atomic E-state index is 12.9. The van der Waals surface area contributed by atoms with Crippen LogP contribution in [0.25, 0.3) is 5.69 Å². The highest BCUT2D eigenvalue weighted by molar-refractivity contribution is 5.93. The fourth-order valence-corrected chi connectivity index (χ4v) is 2.86. The lowest BCUT2D eigenvalue weighted by Gasteiger charge is -2.12. The molecule has 6 nitrogen and oxygen atoms in total. The molecule has 0 bridgehead atoms. The molecule has 0 aliphatic rings. The van der Waals surface area contributed by atoms with Gasteiger partial charge in [-0.3, -0.25) is 14.2 Å². The van der Waals surface area contributed by atoms with E-state index in [9.17, 15) is 9.59 Å². The van der Waals surface area contributed by atoms with Crippen LogP contribution in [0, 0.1) is 18.3 Å². The quantitative estimate of drug-likeness (QED) is 0.745. The summed E-state index contributed by atoms with van der Waals surface area (Å²) in [6, 6.07) is 19.3. The van der Waals surface area contributed by atoms with Crippen molar-refractivity contribution < 1.29 is 9.53 Å². The number of aromatic nitrogens is 1. The van der Waals surface area contributed by atoms with Crippen LogP contribution in [0.2, 0.25) is 0 Å². The number of pyridine rings is 1. The standard InChI is InChI=1S/C22H19N3O3/c1-15-6-11-20(21(26)24-14-16-7-9-19(28-2)10-8-16)22(27)25(15)18-5-3-4-17(12-18)13-23/h3-12H,14H2,1-2H3,(H,24,26). The minimum atomic E-state index is -0.453. The average molecular weight is 373 g/mol. The first-order valence-electron chi connectivity index (χ1n) is 8.68. The third kappa shape index (κ3) is 3.94. The van der Waals surface area contributed by atoms with Gasteiger partial charge in [-0.2, -0.15) is 5.26 Å². The number of nitriles is 1. The van der Waals surface area contributed by atoms with E-state index in [1.54, 1.807) is 44.4 Å². The van der Waals surface area contributed by atoms with E-state index in [-0.39, 0.29) is 5.56 Å². The molecule has 1 N–H and O–H groups in total. The number of hydrogen-bond donors (Lipinski definition) is 1. The average Bonchev–Trinajstić information content (AvgIpc) is 2.72. The Bertz CT molecular complexity index is 1110. The fraction of sp³-hybridized carbons (Fsp3) is 0.136. The molecule has 1 heterocycles. The van der Waals surface area contributed by atoms with Crippen molar-refractivity contribution in [1.29, 1.82) is 5.26 Å². The maximum Gasteiger partial charge on any atom is 0.268 e. The van der Waals surface area contributed by atoms with Crippen LogP contribution < -0.4 is 15.6 Å². The summed E-state index contributed by atoms with van der Waals surface area (Å²) in [5.74, 6) is 0.280. The Balaban J connectivity index is 1.86. The first-order chi connectivity index (χ1) is 13.5. The number of carbonyl (C=O) groups excluding carboxylic acids is 1. The molecule has 0 spiro atoms. The smallest absolute Gasteiger partial charge is 0.268 e. The third-order valence-corrected chi connectivity index (χ3v) is 4.37. The monoisotopic (exact) mass is 373 g/mol. The van der Waals surface area contributed by atoms with E-state index in [2.05, 4.69) is 11.4 Å². The number of nitrogens with zero attached hydrogens (tertiary/aromatic N) is 2. The van der Waals surface area contributed by atoms with Gasteiger partial charge in [0.05, 0.1) is 24.4 Å². The molecule has 1 amide bonds. The molecule has 0 aliphatic carbocycles. The minimum Gasteiger partial charge on any atom is -0.497 e. The summed E-state index contributed by atoms with van der Waals surface area (Å²) < 4.78 is 6.54. The van der Waals surface area contributed by atoms with Gasteiger partial charge in [-0.25, -0.2) is 0 Å². The van der Waals surface area contributed by atoms with E-state index in [0.717, 1.165) is 11.3 Å². The van der Waals surface area contributed by atoms with Gasteiger partial charge >= 0.3 is 0 Å². The number of aryl methyl sites for hydroxylation is 1. The van der Waals surface area contributed by atoms with Crippen molar-refractivity contribution in [3.63, 3.8) is 0 Å². The molecular weight excluding hydrogens is 354 g/mol. The normalized spacial score (nSPS) is 10.2. The van der Waals surface area contributed by atoms with Crippen LogP contribution in [0.4, 0.5) is 0 Å². The lowest BCUT2D eigenvalue weighted by Crippen LogP contribution is -2.33. The molecule has 0 saturated heterocycles. The van der Waals surface area contributed by atoms with Crippen molar-refractivity contribution in [3.8, 4) is 17.5 Å². The van der Waals surface area contributed by atoms with Crippen molar-refractivity contribution in [2.75, 3.05) is 7.11 Å². The second kappa shape index (κ2) is 8.23. The molecule has 1 aromatic heterocycles. The Hall–Kier alpha value is -3.85. The van der Waals surface area contributed by atoms with Gasteiger partial charge in [-0.05, 0) is 55.0 Å². The third-order valence-electron chi connectivity index (χ3n) is 4.37. The number of carbonyl (C=O) groups is 1. The summed E-state index contributed by atoms with van der Waals surface area (Å²) in [5, 5.41) is 11.9. The second-order valence-corrected chi connectivity index (χ2v) is 6.22. The molecule has 2 aromatic carbocycles. The van der Waals surface area contributed by atoms with E-state index in [4.69, 9.17) is 10.00 Å². The highest BCUT2D eigenvalue weighted by atomic mass is 16.5. The van der Waals surface area contributed by atoms with Crippen LogP contribution in [0.15, 0.2) is 65.5 Å². The molecule has 3 rings (SSSR count). The molecule has 0 atom stereocenters. The summed E-state index contributed by atoms with van der Waals surface area (Å²) in [7, 11) is 1.59. The van der Waals surface area contributed by atoms with E-state index in [1.807, 2.05) is 24.3 Å². The molecule has 6 heteroatoms. The zero-order chi connectivity index (χ0) is 20.1. The number of benzene rings is 2. The second-order valence-electron chi connectivity index (χ2n) is 6.22. The summed E-state index contributed by atoms with van der Waals surface area (Å²) in [4.78, 5) is 25.5. The lowest BCUT2D eigenvalue weighted by atomic mass is 10.1. The zero-order valence-electron chi connectivity index (χ0n) is 15.6. The van der Waals surface area contributed by atoms with Crippen LogP contribution in [-0.2, 0) is 6.54 Å². The molecule has 0 saturated carbocycles. The molecule has 140 valence electrons. The van der Waals surface area contributed by atoms with Gasteiger partial charge in [0, 0.05) is 12.2 Å². The number of hydrogen-bond acceptors (Lipinski definition) is 4. The van der Waals surface area contributed by atoms with Gasteiger partial charge < -0.3 is 10.1 Å². The van der Waals surface area contributed by atoms with Gasteiger partial charge in [0.25, 0.3) is 11.5 Å². The van der Waals surface area contributed by atoms with E-state index < -0.39 is 11.5 Å². The number of ether oxygens (including phenoxy) is 1. The Morgan fingerprint density at radius 2 is 1.89 bits per heavy atom. The van der Waals surface area contributed by atoms with Crippen molar-refractivity contribution in [2.45, 2.75) is 13.5 Å². The Morgan fingerprint density at radius 3 is 2.57 bits per heavy atom. The fourth-order valence-electron chi connectivity index (χ4n) is 2.86. The van der Waals surface area contributed by atoms with Crippen LogP contribution >= 0.6 is 0 Å². The molecule has 0 aliphatic heterocycles. The summed E-state index contributed by atoms with van der Waals surface area (Å²) in [6.07, 6.45) is 0. The number of rotatable bonds is 5. The maximum atomic E-state index is 12.9. The summed E-state index contributed by atoms with van der Waals surface area (Å²) in [6.45, 7) is 2.07. The largest absolute Gasteiger partial charge is 0.497 e. The van der Waals surface area contributed by atoms with Gasteiger partial charge in [-0.15, -0.1) is 0 Å². The molecule has 28 heavy (non-hydrogen) atoms. The predicted octanol–water partition coefficient (Wildman–Crippen LogP) is 2.96. The van der Waals surface area contributed by atoms with Crippen molar-refractivity contribution in [2.24, 2.45) is 0 Å². The molecular formula is C22H19N3O3. The lowest BCUT2D eigenvalue weighted by molar-refractivity contribution is 0.0949. The van der Waals surface area contributed by atoms with E-state index >= 15 is 0 Å². The first kappa shape index (κ1) is 18.9. The van der Waals surface area contributed by atoms with Gasteiger partial charge in [0.1, 0.15) is 11.3 Å². The number of nitrogens with one attached hydrogen (secondary N) is 1. The van der Waals surface area contributed by atoms with Gasteiger partial charge in [0.2, 0.25) is 0 Å². The highest BCUT2D eigenvalue weighted by Crippen LogP contribution is 2.13. The first-order valence-corrected chi connectivity index (χ1v) is 8.68. The molecule has 0 fully saturated rings. The van der Waals surface area contributed by atoms with Crippen LogP contribution in [0.5, 0.6) is 5.75 Å². The van der Waals surface area contributed by atoms with Gasteiger partial charge in [0.15, 0.2) is 0 Å². The van der Waals surface area contributed by atoms with Crippen LogP contribution in [0.3, 0.4) is 0 Å². The van der Waals surface area contributed by atoms with Crippen molar-refractivity contribution in [3.05, 3.63) is 93.4 Å².